The Morgan fingerprint density at radius 3 is 2.57 bits per heavy atom. The van der Waals surface area contributed by atoms with E-state index in [0.717, 1.165) is 17.0 Å². The van der Waals surface area contributed by atoms with Crippen LogP contribution in [0, 0.1) is 13.8 Å². The van der Waals surface area contributed by atoms with Gasteiger partial charge in [-0.2, -0.15) is 5.10 Å². The van der Waals surface area contributed by atoms with Gasteiger partial charge in [0.1, 0.15) is 0 Å². The Morgan fingerprint density at radius 2 is 2.05 bits per heavy atom. The Balaban J connectivity index is 2.10. The molecular formula is C14H21N3O4. The first-order valence-electron chi connectivity index (χ1n) is 6.94. The Hall–Kier alpha value is -1.89. The van der Waals surface area contributed by atoms with Gasteiger partial charge in [-0.05, 0) is 20.8 Å². The number of aromatic nitrogens is 2. The number of carboxylic acid groups (broad SMARTS) is 1. The minimum atomic E-state index is -1.03. The number of aliphatic carboxylic acids is 1. The van der Waals surface area contributed by atoms with Crippen LogP contribution in [0.5, 0.6) is 0 Å². The molecule has 0 radical (unpaired) electrons. The Labute approximate surface area is 123 Å². The van der Waals surface area contributed by atoms with Gasteiger partial charge in [-0.3, -0.25) is 9.48 Å². The molecule has 0 aromatic carbocycles. The Bertz CT molecular complexity index is 567. The molecule has 1 aliphatic heterocycles. The van der Waals surface area contributed by atoms with E-state index in [1.165, 1.54) is 0 Å². The lowest BCUT2D eigenvalue weighted by atomic mass is 10.1. The van der Waals surface area contributed by atoms with E-state index in [0.29, 0.717) is 6.54 Å². The zero-order chi connectivity index (χ0) is 15.7. The number of rotatable bonds is 3. The molecule has 0 aliphatic carbocycles. The number of aryl methyl sites for hydroxylation is 2. The van der Waals surface area contributed by atoms with Crippen LogP contribution in [0.3, 0.4) is 0 Å². The number of hydrogen-bond donors (Lipinski definition) is 1. The smallest absolute Gasteiger partial charge is 0.334 e. The molecule has 2 rings (SSSR count). The minimum Gasteiger partial charge on any atom is -0.479 e. The molecule has 1 aliphatic rings. The normalized spacial score (nSPS) is 22.4. The van der Waals surface area contributed by atoms with E-state index in [4.69, 9.17) is 9.84 Å². The van der Waals surface area contributed by atoms with Crippen molar-refractivity contribution in [2.45, 2.75) is 39.4 Å². The standard InChI is InChI=1S/C14H21N3O4/c1-8-6-17(7-12(21-8)14(19)20)13(18)5-11-9(2)15-16(4)10(11)3/h8,12H,5-7H2,1-4H3,(H,19,20)/t8-,12?/m1/s1. The number of hydrogen-bond acceptors (Lipinski definition) is 4. The predicted octanol–water partition coefficient (Wildman–Crippen LogP) is 0.280. The van der Waals surface area contributed by atoms with Crippen LogP contribution in [0.25, 0.3) is 0 Å². The van der Waals surface area contributed by atoms with E-state index in [9.17, 15) is 9.59 Å². The topological polar surface area (TPSA) is 84.7 Å². The van der Waals surface area contributed by atoms with Crippen LogP contribution in [-0.4, -0.2) is 57.0 Å². The molecule has 2 heterocycles. The number of amides is 1. The molecule has 0 bridgehead atoms. The summed E-state index contributed by atoms with van der Waals surface area (Å²) >= 11 is 0. The SMILES string of the molecule is Cc1nn(C)c(C)c1CC(=O)N1CC(C(=O)O)O[C@H](C)C1. The fourth-order valence-corrected chi connectivity index (χ4v) is 2.63. The monoisotopic (exact) mass is 295 g/mol. The summed E-state index contributed by atoms with van der Waals surface area (Å²) in [4.78, 5) is 25.1. The van der Waals surface area contributed by atoms with Crippen molar-refractivity contribution >= 4 is 11.9 Å². The molecule has 1 aromatic heterocycles. The lowest BCUT2D eigenvalue weighted by molar-refractivity contribution is -0.166. The molecule has 21 heavy (non-hydrogen) atoms. The van der Waals surface area contributed by atoms with Gasteiger partial charge in [0.2, 0.25) is 5.91 Å². The molecule has 1 aromatic rings. The van der Waals surface area contributed by atoms with Crippen molar-refractivity contribution in [1.82, 2.24) is 14.7 Å². The highest BCUT2D eigenvalue weighted by Gasteiger charge is 2.32. The average Bonchev–Trinajstić information content (AvgIpc) is 2.64. The van der Waals surface area contributed by atoms with Crippen molar-refractivity contribution in [1.29, 1.82) is 0 Å². The van der Waals surface area contributed by atoms with Crippen LogP contribution < -0.4 is 0 Å². The molecule has 1 unspecified atom stereocenters. The first-order chi connectivity index (χ1) is 9.79. The van der Waals surface area contributed by atoms with Gasteiger partial charge in [-0.25, -0.2) is 4.79 Å². The number of carbonyl (C=O) groups excluding carboxylic acids is 1. The maximum atomic E-state index is 12.4. The van der Waals surface area contributed by atoms with Gasteiger partial charge >= 0.3 is 5.97 Å². The zero-order valence-corrected chi connectivity index (χ0v) is 12.8. The quantitative estimate of drug-likeness (QED) is 0.866. The Morgan fingerprint density at radius 1 is 1.38 bits per heavy atom. The van der Waals surface area contributed by atoms with Crippen molar-refractivity contribution in [3.05, 3.63) is 17.0 Å². The molecule has 1 saturated heterocycles. The fraction of sp³-hybridized carbons (Fsp3) is 0.643. The van der Waals surface area contributed by atoms with Gasteiger partial charge in [0, 0.05) is 24.8 Å². The van der Waals surface area contributed by atoms with E-state index < -0.39 is 12.1 Å². The molecule has 7 nitrogen and oxygen atoms in total. The van der Waals surface area contributed by atoms with E-state index in [2.05, 4.69) is 5.10 Å². The van der Waals surface area contributed by atoms with E-state index in [1.54, 1.807) is 16.5 Å². The fourth-order valence-electron chi connectivity index (χ4n) is 2.63. The summed E-state index contributed by atoms with van der Waals surface area (Å²) in [6.45, 7) is 6.08. The highest BCUT2D eigenvalue weighted by Crippen LogP contribution is 2.17. The van der Waals surface area contributed by atoms with Crippen LogP contribution in [0.4, 0.5) is 0 Å². The average molecular weight is 295 g/mol. The second kappa shape index (κ2) is 5.85. The van der Waals surface area contributed by atoms with Crippen LogP contribution in [-0.2, 0) is 27.8 Å². The zero-order valence-electron chi connectivity index (χ0n) is 12.8. The molecular weight excluding hydrogens is 274 g/mol. The summed E-state index contributed by atoms with van der Waals surface area (Å²) in [7, 11) is 1.84. The second-order valence-corrected chi connectivity index (χ2v) is 5.52. The number of carbonyl (C=O) groups is 2. The predicted molar refractivity (Wildman–Crippen MR) is 74.9 cm³/mol. The lowest BCUT2D eigenvalue weighted by Crippen LogP contribution is -2.52. The molecule has 116 valence electrons. The summed E-state index contributed by atoms with van der Waals surface area (Å²) < 4.78 is 7.07. The van der Waals surface area contributed by atoms with Crippen molar-refractivity contribution < 1.29 is 19.4 Å². The maximum absolute atomic E-state index is 12.4. The third-order valence-corrected chi connectivity index (χ3v) is 3.88. The van der Waals surface area contributed by atoms with Crippen LogP contribution in [0.15, 0.2) is 0 Å². The molecule has 2 atom stereocenters. The van der Waals surface area contributed by atoms with E-state index in [-0.39, 0.29) is 25.0 Å². The number of carboxylic acids is 1. The first-order valence-corrected chi connectivity index (χ1v) is 6.94. The highest BCUT2D eigenvalue weighted by atomic mass is 16.5. The molecule has 0 spiro atoms. The third-order valence-electron chi connectivity index (χ3n) is 3.88. The summed E-state index contributed by atoms with van der Waals surface area (Å²) in [6, 6.07) is 0. The maximum Gasteiger partial charge on any atom is 0.334 e. The number of ether oxygens (including phenoxy) is 1. The van der Waals surface area contributed by atoms with Gasteiger partial charge in [0.15, 0.2) is 6.10 Å². The summed E-state index contributed by atoms with van der Waals surface area (Å²) in [5.74, 6) is -1.12. The number of morpholine rings is 1. The van der Waals surface area contributed by atoms with E-state index >= 15 is 0 Å². The van der Waals surface area contributed by atoms with Gasteiger partial charge in [0.05, 0.1) is 24.8 Å². The molecule has 1 fully saturated rings. The molecule has 0 saturated carbocycles. The lowest BCUT2D eigenvalue weighted by Gasteiger charge is -2.35. The van der Waals surface area contributed by atoms with Gasteiger partial charge in [0.25, 0.3) is 0 Å². The Kier molecular flexibility index (Phi) is 4.32. The minimum absolute atomic E-state index is 0.0874. The van der Waals surface area contributed by atoms with Crippen molar-refractivity contribution in [2.75, 3.05) is 13.1 Å². The van der Waals surface area contributed by atoms with E-state index in [1.807, 2.05) is 20.9 Å². The van der Waals surface area contributed by atoms with Gasteiger partial charge in [-0.1, -0.05) is 0 Å². The van der Waals surface area contributed by atoms with Gasteiger partial charge < -0.3 is 14.7 Å². The summed E-state index contributed by atoms with van der Waals surface area (Å²) in [6.07, 6.45) is -0.987. The second-order valence-electron chi connectivity index (χ2n) is 5.52. The summed E-state index contributed by atoms with van der Waals surface area (Å²) in [5, 5.41) is 13.4. The van der Waals surface area contributed by atoms with Crippen LogP contribution >= 0.6 is 0 Å². The number of nitrogens with zero attached hydrogens (tertiary/aromatic N) is 3. The third kappa shape index (κ3) is 3.24. The largest absolute Gasteiger partial charge is 0.479 e. The molecule has 7 heteroatoms. The first kappa shape index (κ1) is 15.5. The van der Waals surface area contributed by atoms with Crippen molar-refractivity contribution in [3.63, 3.8) is 0 Å². The van der Waals surface area contributed by atoms with Crippen molar-refractivity contribution in [3.8, 4) is 0 Å². The van der Waals surface area contributed by atoms with Crippen LogP contribution in [0.2, 0.25) is 0 Å². The van der Waals surface area contributed by atoms with Gasteiger partial charge in [-0.15, -0.1) is 0 Å². The van der Waals surface area contributed by atoms with Crippen molar-refractivity contribution in [2.24, 2.45) is 7.05 Å². The van der Waals surface area contributed by atoms with Crippen LogP contribution in [0.1, 0.15) is 23.9 Å². The summed E-state index contributed by atoms with van der Waals surface area (Å²) in [5.41, 5.74) is 2.70. The molecule has 1 amide bonds. The highest BCUT2D eigenvalue weighted by molar-refractivity contribution is 5.81. The molecule has 1 N–H and O–H groups in total.